The van der Waals surface area contributed by atoms with Gasteiger partial charge < -0.3 is 14.8 Å². The Labute approximate surface area is 184 Å². The van der Waals surface area contributed by atoms with Gasteiger partial charge in [0.2, 0.25) is 11.8 Å². The van der Waals surface area contributed by atoms with E-state index < -0.39 is 34.7 Å². The maximum atomic E-state index is 12.8. The number of anilines is 1. The summed E-state index contributed by atoms with van der Waals surface area (Å²) in [7, 11) is 2.86. The molecule has 12 heteroatoms. The maximum Gasteiger partial charge on any atom is 0.416 e. The van der Waals surface area contributed by atoms with Crippen LogP contribution < -0.4 is 25.6 Å². The van der Waals surface area contributed by atoms with Gasteiger partial charge in [-0.05, 0) is 36.4 Å². The fourth-order valence-corrected chi connectivity index (χ4v) is 3.95. The SMILES string of the molecule is COc1ccc(C(=O)NNC(=O)CC2Sc3ccc(C(F)(F)F)cc3NC2=O)cc1OC. The van der Waals surface area contributed by atoms with Gasteiger partial charge in [-0.2, -0.15) is 13.2 Å². The lowest BCUT2D eigenvalue weighted by Gasteiger charge is -2.24. The summed E-state index contributed by atoms with van der Waals surface area (Å²) < 4.78 is 48.7. The third-order valence-corrected chi connectivity index (χ3v) is 5.73. The Morgan fingerprint density at radius 1 is 1.06 bits per heavy atom. The number of halogens is 3. The number of carbonyl (C=O) groups is 3. The van der Waals surface area contributed by atoms with E-state index >= 15 is 0 Å². The van der Waals surface area contributed by atoms with Crippen molar-refractivity contribution >= 4 is 35.2 Å². The number of benzene rings is 2. The number of fused-ring (bicyclic) bond motifs is 1. The van der Waals surface area contributed by atoms with Crippen LogP contribution in [-0.4, -0.2) is 37.2 Å². The number of hydrazine groups is 1. The van der Waals surface area contributed by atoms with E-state index in [0.29, 0.717) is 16.4 Å². The molecule has 32 heavy (non-hydrogen) atoms. The predicted octanol–water partition coefficient (Wildman–Crippen LogP) is 2.99. The first kappa shape index (κ1) is 23.3. The zero-order valence-corrected chi connectivity index (χ0v) is 17.6. The molecule has 2 aromatic carbocycles. The Hall–Kier alpha value is -3.41. The second-order valence-electron chi connectivity index (χ2n) is 6.58. The van der Waals surface area contributed by atoms with E-state index in [4.69, 9.17) is 9.47 Å². The number of ether oxygens (including phenoxy) is 2. The molecule has 3 rings (SSSR count). The highest BCUT2D eigenvalue weighted by atomic mass is 32.2. The lowest BCUT2D eigenvalue weighted by atomic mass is 10.1. The van der Waals surface area contributed by atoms with Crippen LogP contribution in [0.25, 0.3) is 0 Å². The van der Waals surface area contributed by atoms with Gasteiger partial charge in [0.05, 0.1) is 30.7 Å². The zero-order valence-electron chi connectivity index (χ0n) is 16.8. The van der Waals surface area contributed by atoms with Crippen molar-refractivity contribution in [3.63, 3.8) is 0 Å². The molecule has 0 fully saturated rings. The number of methoxy groups -OCH3 is 2. The summed E-state index contributed by atoms with van der Waals surface area (Å²) in [5, 5.41) is 1.51. The van der Waals surface area contributed by atoms with E-state index in [2.05, 4.69) is 16.2 Å². The normalized spacial score (nSPS) is 15.3. The number of thioether (sulfide) groups is 1. The molecule has 1 aliphatic heterocycles. The monoisotopic (exact) mass is 469 g/mol. The van der Waals surface area contributed by atoms with Crippen LogP contribution in [0.5, 0.6) is 11.5 Å². The number of rotatable bonds is 5. The first-order chi connectivity index (χ1) is 15.1. The Balaban J connectivity index is 1.58. The second-order valence-corrected chi connectivity index (χ2v) is 7.83. The summed E-state index contributed by atoms with van der Waals surface area (Å²) in [5.74, 6) is -1.12. The second kappa shape index (κ2) is 9.39. The first-order valence-electron chi connectivity index (χ1n) is 9.12. The average molecular weight is 469 g/mol. The van der Waals surface area contributed by atoms with Crippen molar-refractivity contribution in [1.82, 2.24) is 10.9 Å². The Bertz CT molecular complexity index is 1060. The van der Waals surface area contributed by atoms with Crippen molar-refractivity contribution in [3.05, 3.63) is 47.5 Å². The minimum absolute atomic E-state index is 0.0354. The molecule has 8 nitrogen and oxygen atoms in total. The van der Waals surface area contributed by atoms with Crippen molar-refractivity contribution in [2.75, 3.05) is 19.5 Å². The molecular weight excluding hydrogens is 451 g/mol. The van der Waals surface area contributed by atoms with Crippen molar-refractivity contribution in [3.8, 4) is 11.5 Å². The number of alkyl halides is 3. The van der Waals surface area contributed by atoms with Gasteiger partial charge in [-0.25, -0.2) is 0 Å². The van der Waals surface area contributed by atoms with Crippen LogP contribution in [0.2, 0.25) is 0 Å². The van der Waals surface area contributed by atoms with E-state index in [1.807, 2.05) is 0 Å². The number of amides is 3. The van der Waals surface area contributed by atoms with Crippen LogP contribution in [0, 0.1) is 0 Å². The highest BCUT2D eigenvalue weighted by Crippen LogP contribution is 2.40. The Morgan fingerprint density at radius 3 is 2.44 bits per heavy atom. The van der Waals surface area contributed by atoms with Crippen LogP contribution in [-0.2, 0) is 15.8 Å². The maximum absolute atomic E-state index is 12.8. The molecule has 0 aliphatic carbocycles. The molecule has 3 N–H and O–H groups in total. The molecule has 0 radical (unpaired) electrons. The van der Waals surface area contributed by atoms with Crippen LogP contribution >= 0.6 is 11.8 Å². The van der Waals surface area contributed by atoms with Crippen molar-refractivity contribution in [2.24, 2.45) is 0 Å². The fraction of sp³-hybridized carbons (Fsp3) is 0.250. The van der Waals surface area contributed by atoms with Crippen molar-refractivity contribution in [2.45, 2.75) is 22.7 Å². The molecule has 1 heterocycles. The summed E-state index contributed by atoms with van der Waals surface area (Å²) in [4.78, 5) is 37.1. The van der Waals surface area contributed by atoms with Gasteiger partial charge in [0, 0.05) is 16.9 Å². The van der Waals surface area contributed by atoms with E-state index in [0.717, 1.165) is 23.9 Å². The highest BCUT2D eigenvalue weighted by molar-refractivity contribution is 8.01. The topological polar surface area (TPSA) is 106 Å². The minimum atomic E-state index is -4.53. The van der Waals surface area contributed by atoms with Gasteiger partial charge in [-0.15, -0.1) is 11.8 Å². The van der Waals surface area contributed by atoms with Gasteiger partial charge in [0.25, 0.3) is 5.91 Å². The molecule has 0 saturated carbocycles. The summed E-state index contributed by atoms with van der Waals surface area (Å²) in [6.45, 7) is 0. The quantitative estimate of drug-likeness (QED) is 0.582. The van der Waals surface area contributed by atoms with Crippen LogP contribution in [0.3, 0.4) is 0 Å². The fourth-order valence-electron chi connectivity index (χ4n) is 2.86. The Morgan fingerprint density at radius 2 is 1.78 bits per heavy atom. The molecule has 3 amide bonds. The molecule has 0 bridgehead atoms. The van der Waals surface area contributed by atoms with E-state index in [9.17, 15) is 27.6 Å². The lowest BCUT2D eigenvalue weighted by molar-refractivity contribution is -0.137. The standard InChI is InChI=1S/C20H18F3N3O5S/c1-30-13-5-3-10(7-14(13)31-2)18(28)26-25-17(27)9-16-19(29)24-12-8-11(20(21,22)23)4-6-15(12)32-16/h3-8,16H,9H2,1-2H3,(H,24,29)(H,25,27)(H,26,28). The lowest BCUT2D eigenvalue weighted by Crippen LogP contribution is -2.44. The summed E-state index contributed by atoms with van der Waals surface area (Å²) in [5.41, 5.74) is 3.80. The zero-order chi connectivity index (χ0) is 23.5. The molecule has 1 atom stereocenters. The minimum Gasteiger partial charge on any atom is -0.493 e. The third kappa shape index (κ3) is 5.25. The van der Waals surface area contributed by atoms with E-state index in [1.54, 1.807) is 0 Å². The van der Waals surface area contributed by atoms with Gasteiger partial charge in [-0.3, -0.25) is 25.2 Å². The summed E-state index contributed by atoms with van der Waals surface area (Å²) >= 11 is 0.969. The molecule has 1 aliphatic rings. The van der Waals surface area contributed by atoms with Gasteiger partial charge in [-0.1, -0.05) is 0 Å². The molecule has 2 aromatic rings. The number of carbonyl (C=O) groups excluding carboxylic acids is 3. The van der Waals surface area contributed by atoms with Gasteiger partial charge in [0.15, 0.2) is 11.5 Å². The average Bonchev–Trinajstić information content (AvgIpc) is 2.76. The number of hydrogen-bond donors (Lipinski definition) is 3. The molecular formula is C20H18F3N3O5S. The highest BCUT2D eigenvalue weighted by Gasteiger charge is 2.34. The Kier molecular flexibility index (Phi) is 6.82. The molecule has 0 aromatic heterocycles. The third-order valence-electron chi connectivity index (χ3n) is 4.46. The number of nitrogens with one attached hydrogen (secondary N) is 3. The van der Waals surface area contributed by atoms with Crippen molar-refractivity contribution < 1.29 is 37.0 Å². The summed E-state index contributed by atoms with van der Waals surface area (Å²) in [6.07, 6.45) is -4.84. The molecule has 0 saturated heterocycles. The molecule has 0 spiro atoms. The van der Waals surface area contributed by atoms with Gasteiger partial charge in [0.1, 0.15) is 0 Å². The number of hydrogen-bond acceptors (Lipinski definition) is 6. The summed E-state index contributed by atoms with van der Waals surface area (Å²) in [6, 6.07) is 7.42. The smallest absolute Gasteiger partial charge is 0.416 e. The van der Waals surface area contributed by atoms with E-state index in [1.165, 1.54) is 38.5 Å². The molecule has 170 valence electrons. The van der Waals surface area contributed by atoms with Crippen LogP contribution in [0.1, 0.15) is 22.3 Å². The van der Waals surface area contributed by atoms with Crippen LogP contribution in [0.4, 0.5) is 18.9 Å². The largest absolute Gasteiger partial charge is 0.493 e. The molecule has 1 unspecified atom stereocenters. The van der Waals surface area contributed by atoms with Crippen molar-refractivity contribution in [1.29, 1.82) is 0 Å². The van der Waals surface area contributed by atoms with Gasteiger partial charge >= 0.3 is 6.18 Å². The first-order valence-corrected chi connectivity index (χ1v) is 10.0. The van der Waals surface area contributed by atoms with E-state index in [-0.39, 0.29) is 17.7 Å². The van der Waals surface area contributed by atoms with Crippen LogP contribution in [0.15, 0.2) is 41.3 Å². The predicted molar refractivity (Wildman–Crippen MR) is 109 cm³/mol.